The van der Waals surface area contributed by atoms with Crippen LogP contribution in [0.1, 0.15) is 18.1 Å². The first kappa shape index (κ1) is 18.2. The number of halogens is 1. The second-order valence-corrected chi connectivity index (χ2v) is 7.58. The van der Waals surface area contributed by atoms with Gasteiger partial charge in [0.25, 0.3) is 0 Å². The van der Waals surface area contributed by atoms with Gasteiger partial charge in [-0.2, -0.15) is 0 Å². The molecular weight excluding hydrogens is 348 g/mol. The van der Waals surface area contributed by atoms with Crippen LogP contribution in [0.2, 0.25) is 5.02 Å². The predicted molar refractivity (Wildman–Crippen MR) is 95.5 cm³/mol. The summed E-state index contributed by atoms with van der Waals surface area (Å²) in [5.74, 6) is -0.452. The van der Waals surface area contributed by atoms with Crippen LogP contribution < -0.4 is 0 Å². The van der Waals surface area contributed by atoms with Crippen molar-refractivity contribution in [2.45, 2.75) is 11.8 Å². The number of hydrogen-bond donors (Lipinski definition) is 0. The van der Waals surface area contributed by atoms with Crippen LogP contribution in [0, 0.1) is 0 Å². The lowest BCUT2D eigenvalue weighted by atomic mass is 10.0. The lowest BCUT2D eigenvalue weighted by Crippen LogP contribution is -2.06. The summed E-state index contributed by atoms with van der Waals surface area (Å²) in [6, 6.07) is 13.1. The molecule has 0 unspecified atom stereocenters. The van der Waals surface area contributed by atoms with E-state index in [0.717, 1.165) is 6.26 Å². The van der Waals surface area contributed by atoms with Crippen molar-refractivity contribution < 1.29 is 17.9 Å². The van der Waals surface area contributed by atoms with Crippen molar-refractivity contribution in [2.75, 3.05) is 12.9 Å². The molecule has 0 fully saturated rings. The zero-order valence-corrected chi connectivity index (χ0v) is 14.9. The number of sulfone groups is 1. The Hall–Kier alpha value is -2.11. The fourth-order valence-electron chi connectivity index (χ4n) is 2.08. The quantitative estimate of drug-likeness (QED) is 0.459. The largest absolute Gasteiger partial charge is 0.462 e. The second kappa shape index (κ2) is 7.64. The van der Waals surface area contributed by atoms with E-state index in [1.54, 1.807) is 49.4 Å². The maximum Gasteiger partial charge on any atom is 0.338 e. The Morgan fingerprint density at radius 2 is 1.67 bits per heavy atom. The van der Waals surface area contributed by atoms with Crippen molar-refractivity contribution in [3.63, 3.8) is 0 Å². The molecule has 0 saturated heterocycles. The molecule has 0 saturated carbocycles. The molecule has 0 aliphatic heterocycles. The maximum absolute atomic E-state index is 12.2. The smallest absolute Gasteiger partial charge is 0.338 e. The highest BCUT2D eigenvalue weighted by Crippen LogP contribution is 2.22. The molecule has 0 radical (unpaired) electrons. The van der Waals surface area contributed by atoms with Crippen LogP contribution in [0.5, 0.6) is 0 Å². The molecule has 0 amide bonds. The van der Waals surface area contributed by atoms with E-state index in [1.165, 1.54) is 12.1 Å². The van der Waals surface area contributed by atoms with Gasteiger partial charge in [0.05, 0.1) is 17.1 Å². The number of hydrogen-bond acceptors (Lipinski definition) is 4. The summed E-state index contributed by atoms with van der Waals surface area (Å²) in [7, 11) is -3.26. The third kappa shape index (κ3) is 4.69. The van der Waals surface area contributed by atoms with Gasteiger partial charge < -0.3 is 4.74 Å². The number of carbonyl (C=O) groups is 1. The fraction of sp³-hybridized carbons (Fsp3) is 0.167. The van der Waals surface area contributed by atoms with E-state index in [2.05, 4.69) is 0 Å². The average Bonchev–Trinajstić information content (AvgIpc) is 2.53. The van der Waals surface area contributed by atoms with E-state index in [1.807, 2.05) is 0 Å². The monoisotopic (exact) mass is 364 g/mol. The number of rotatable bonds is 5. The minimum Gasteiger partial charge on any atom is -0.462 e. The predicted octanol–water partition coefficient (Wildman–Crippen LogP) is 3.85. The van der Waals surface area contributed by atoms with E-state index in [-0.39, 0.29) is 11.5 Å². The molecule has 4 nitrogen and oxygen atoms in total. The lowest BCUT2D eigenvalue weighted by Gasteiger charge is -2.08. The molecule has 0 spiro atoms. The highest BCUT2D eigenvalue weighted by Gasteiger charge is 2.14. The zero-order valence-electron chi connectivity index (χ0n) is 13.3. The summed E-state index contributed by atoms with van der Waals surface area (Å²) in [5, 5.41) is 0.569. The van der Waals surface area contributed by atoms with Crippen LogP contribution in [0.3, 0.4) is 0 Å². The van der Waals surface area contributed by atoms with E-state index in [0.29, 0.717) is 21.7 Å². The third-order valence-corrected chi connectivity index (χ3v) is 4.65. The van der Waals surface area contributed by atoms with Gasteiger partial charge in [-0.05, 0) is 48.4 Å². The lowest BCUT2D eigenvalue weighted by molar-refractivity contribution is -0.136. The molecule has 2 rings (SSSR count). The van der Waals surface area contributed by atoms with Gasteiger partial charge in [-0.3, -0.25) is 0 Å². The Bertz CT molecular complexity index is 851. The van der Waals surface area contributed by atoms with Gasteiger partial charge in [0.1, 0.15) is 0 Å². The molecule has 2 aromatic rings. The number of esters is 1. The first-order valence-electron chi connectivity index (χ1n) is 7.26. The summed E-state index contributed by atoms with van der Waals surface area (Å²) in [6.45, 7) is 2.00. The molecule has 6 heteroatoms. The molecule has 0 aliphatic carbocycles. The molecule has 0 aromatic heterocycles. The molecule has 0 bridgehead atoms. The molecule has 2 aromatic carbocycles. The van der Waals surface area contributed by atoms with Crippen molar-refractivity contribution in [1.29, 1.82) is 0 Å². The number of ether oxygens (including phenoxy) is 1. The summed E-state index contributed by atoms with van der Waals surface area (Å²) in [6.07, 6.45) is 2.81. The third-order valence-electron chi connectivity index (χ3n) is 3.27. The summed E-state index contributed by atoms with van der Waals surface area (Å²) >= 11 is 5.88. The van der Waals surface area contributed by atoms with Crippen molar-refractivity contribution in [1.82, 2.24) is 0 Å². The van der Waals surface area contributed by atoms with Gasteiger partial charge in [0.15, 0.2) is 9.84 Å². The molecule has 24 heavy (non-hydrogen) atoms. The van der Waals surface area contributed by atoms with Gasteiger partial charge in [-0.15, -0.1) is 0 Å². The normalized spacial score (nSPS) is 12.0. The van der Waals surface area contributed by atoms with Crippen molar-refractivity contribution in [3.05, 3.63) is 64.7 Å². The van der Waals surface area contributed by atoms with Gasteiger partial charge >= 0.3 is 5.97 Å². The van der Waals surface area contributed by atoms with Crippen molar-refractivity contribution in [3.8, 4) is 0 Å². The second-order valence-electron chi connectivity index (χ2n) is 5.13. The molecule has 0 aliphatic rings. The Morgan fingerprint density at radius 3 is 2.17 bits per heavy atom. The topological polar surface area (TPSA) is 60.4 Å². The van der Waals surface area contributed by atoms with Crippen LogP contribution in [0.15, 0.2) is 53.4 Å². The highest BCUT2D eigenvalue weighted by atomic mass is 35.5. The Kier molecular flexibility index (Phi) is 5.80. The van der Waals surface area contributed by atoms with E-state index in [9.17, 15) is 13.2 Å². The SMILES string of the molecule is CCOC(=O)/C(=C/c1ccc(S(C)(=O)=O)cc1)c1ccc(Cl)cc1. The van der Waals surface area contributed by atoms with Crippen LogP contribution in [0.25, 0.3) is 11.6 Å². The van der Waals surface area contributed by atoms with Gasteiger partial charge in [-0.1, -0.05) is 35.9 Å². The van der Waals surface area contributed by atoms with Gasteiger partial charge in [0, 0.05) is 11.3 Å². The summed E-state index contributed by atoms with van der Waals surface area (Å²) in [5.41, 5.74) is 1.74. The Labute approximate surface area is 146 Å². The first-order valence-corrected chi connectivity index (χ1v) is 9.53. The Balaban J connectivity index is 2.44. The minimum absolute atomic E-state index is 0.226. The zero-order chi connectivity index (χ0) is 17.7. The van der Waals surface area contributed by atoms with Crippen LogP contribution >= 0.6 is 11.6 Å². The summed E-state index contributed by atoms with van der Waals surface area (Å²) < 4.78 is 28.1. The fourth-order valence-corrected chi connectivity index (χ4v) is 2.83. The molecule has 0 N–H and O–H groups in total. The molecule has 0 heterocycles. The van der Waals surface area contributed by atoms with Crippen LogP contribution in [-0.4, -0.2) is 27.2 Å². The first-order chi connectivity index (χ1) is 11.3. The van der Waals surface area contributed by atoms with Crippen molar-refractivity contribution in [2.24, 2.45) is 0 Å². The molecule has 126 valence electrons. The summed E-state index contributed by atoms with van der Waals surface area (Å²) in [4.78, 5) is 12.5. The van der Waals surface area contributed by atoms with Crippen molar-refractivity contribution >= 4 is 39.1 Å². The van der Waals surface area contributed by atoms with E-state index in [4.69, 9.17) is 16.3 Å². The van der Waals surface area contributed by atoms with Crippen LogP contribution in [0.4, 0.5) is 0 Å². The van der Waals surface area contributed by atoms with Gasteiger partial charge in [0.2, 0.25) is 0 Å². The standard InChI is InChI=1S/C18H17ClO4S/c1-3-23-18(20)17(14-6-8-15(19)9-7-14)12-13-4-10-16(11-5-13)24(2,21)22/h4-12H,3H2,1-2H3/b17-12+. The Morgan fingerprint density at radius 1 is 1.08 bits per heavy atom. The number of carbonyl (C=O) groups excluding carboxylic acids is 1. The maximum atomic E-state index is 12.2. The van der Waals surface area contributed by atoms with Crippen LogP contribution in [-0.2, 0) is 19.4 Å². The molecule has 0 atom stereocenters. The number of benzene rings is 2. The van der Waals surface area contributed by atoms with E-state index >= 15 is 0 Å². The highest BCUT2D eigenvalue weighted by molar-refractivity contribution is 7.90. The minimum atomic E-state index is -3.26. The van der Waals surface area contributed by atoms with Gasteiger partial charge in [-0.25, -0.2) is 13.2 Å². The van der Waals surface area contributed by atoms with E-state index < -0.39 is 15.8 Å². The molecular formula is C18H17ClO4S. The average molecular weight is 365 g/mol.